The highest BCUT2D eigenvalue weighted by atomic mass is 35.5. The summed E-state index contributed by atoms with van der Waals surface area (Å²) < 4.78 is 5.48. The molecule has 3 nitrogen and oxygen atoms in total. The normalized spacial score (nSPS) is 10.3. The van der Waals surface area contributed by atoms with E-state index in [-0.39, 0.29) is 12.5 Å². The summed E-state index contributed by atoms with van der Waals surface area (Å²) in [5.74, 6) is 0.363. The Hall–Kier alpha value is -1.71. The molecule has 0 bridgehead atoms. The van der Waals surface area contributed by atoms with Gasteiger partial charge in [-0.3, -0.25) is 4.79 Å². The van der Waals surface area contributed by atoms with E-state index in [2.05, 4.69) is 5.32 Å². The average molecular weight is 324 g/mol. The van der Waals surface area contributed by atoms with Crippen LogP contribution in [0.4, 0.5) is 5.69 Å². The molecule has 2 aromatic rings. The van der Waals surface area contributed by atoms with Gasteiger partial charge in [-0.05, 0) is 37.1 Å². The van der Waals surface area contributed by atoms with Gasteiger partial charge in [-0.15, -0.1) is 0 Å². The van der Waals surface area contributed by atoms with Gasteiger partial charge in [-0.1, -0.05) is 47.5 Å². The summed E-state index contributed by atoms with van der Waals surface area (Å²) >= 11 is 12.2. The van der Waals surface area contributed by atoms with Gasteiger partial charge in [0.05, 0.1) is 15.7 Å². The third kappa shape index (κ3) is 3.90. The van der Waals surface area contributed by atoms with Crippen LogP contribution in [0.25, 0.3) is 0 Å². The molecular weight excluding hydrogens is 309 g/mol. The van der Waals surface area contributed by atoms with E-state index in [0.717, 1.165) is 11.1 Å². The maximum atomic E-state index is 12.0. The Balaban J connectivity index is 2.03. The van der Waals surface area contributed by atoms with Crippen LogP contribution in [0.5, 0.6) is 5.75 Å². The van der Waals surface area contributed by atoms with Gasteiger partial charge in [0.25, 0.3) is 5.91 Å². The zero-order valence-corrected chi connectivity index (χ0v) is 13.3. The molecule has 5 heteroatoms. The van der Waals surface area contributed by atoms with Gasteiger partial charge in [0, 0.05) is 0 Å². The lowest BCUT2D eigenvalue weighted by atomic mass is 10.2. The van der Waals surface area contributed by atoms with E-state index in [1.54, 1.807) is 12.1 Å². The summed E-state index contributed by atoms with van der Waals surface area (Å²) in [6.07, 6.45) is 0. The van der Waals surface area contributed by atoms with Gasteiger partial charge in [-0.2, -0.15) is 0 Å². The van der Waals surface area contributed by atoms with Crippen LogP contribution in [0.1, 0.15) is 11.1 Å². The predicted molar refractivity (Wildman–Crippen MR) is 86.5 cm³/mol. The topological polar surface area (TPSA) is 38.3 Å². The van der Waals surface area contributed by atoms with Crippen LogP contribution in [-0.4, -0.2) is 12.5 Å². The first kappa shape index (κ1) is 15.7. The van der Waals surface area contributed by atoms with Crippen LogP contribution in [0, 0.1) is 13.8 Å². The summed E-state index contributed by atoms with van der Waals surface area (Å²) in [5.41, 5.74) is 2.23. The average Bonchev–Trinajstić information content (AvgIpc) is 2.47. The lowest BCUT2D eigenvalue weighted by Crippen LogP contribution is -2.21. The number of para-hydroxylation sites is 1. The maximum Gasteiger partial charge on any atom is 0.262 e. The van der Waals surface area contributed by atoms with E-state index < -0.39 is 0 Å². The summed E-state index contributed by atoms with van der Waals surface area (Å²) in [4.78, 5) is 12.0. The van der Waals surface area contributed by atoms with Crippen molar-refractivity contribution in [3.63, 3.8) is 0 Å². The van der Waals surface area contributed by atoms with Crippen molar-refractivity contribution in [2.24, 2.45) is 0 Å². The zero-order valence-electron chi connectivity index (χ0n) is 11.7. The Morgan fingerprint density at radius 1 is 1.10 bits per heavy atom. The molecule has 0 aliphatic rings. The molecule has 0 saturated carbocycles. The number of amides is 1. The minimum absolute atomic E-state index is 0.106. The second-order valence-electron chi connectivity index (χ2n) is 4.66. The van der Waals surface area contributed by atoms with Gasteiger partial charge in [-0.25, -0.2) is 0 Å². The second-order valence-corrected chi connectivity index (χ2v) is 5.44. The van der Waals surface area contributed by atoms with Crippen molar-refractivity contribution in [1.82, 2.24) is 0 Å². The van der Waals surface area contributed by atoms with Gasteiger partial charge in [0.15, 0.2) is 6.61 Å². The minimum atomic E-state index is -0.312. The quantitative estimate of drug-likeness (QED) is 0.890. The number of anilines is 1. The number of halogens is 2. The van der Waals surface area contributed by atoms with E-state index in [1.807, 2.05) is 38.1 Å². The molecule has 0 aromatic heterocycles. The Morgan fingerprint density at radius 2 is 1.81 bits per heavy atom. The molecule has 0 aliphatic heterocycles. The molecule has 110 valence electrons. The second kappa shape index (κ2) is 6.83. The SMILES string of the molecule is Cc1ccccc1OCC(=O)Nc1c(Cl)ccc(C)c1Cl. The molecule has 0 fully saturated rings. The molecule has 1 amide bonds. The van der Waals surface area contributed by atoms with Crippen molar-refractivity contribution in [1.29, 1.82) is 0 Å². The summed E-state index contributed by atoms with van der Waals surface area (Å²) in [6.45, 7) is 3.66. The molecule has 1 N–H and O–H groups in total. The van der Waals surface area contributed by atoms with Crippen molar-refractivity contribution < 1.29 is 9.53 Å². The van der Waals surface area contributed by atoms with E-state index in [1.165, 1.54) is 0 Å². The van der Waals surface area contributed by atoms with Gasteiger partial charge in [0.1, 0.15) is 5.75 Å². The molecule has 0 spiro atoms. The fourth-order valence-electron chi connectivity index (χ4n) is 1.81. The Bertz CT molecular complexity index is 671. The molecule has 0 aliphatic carbocycles. The molecule has 21 heavy (non-hydrogen) atoms. The molecule has 0 saturated heterocycles. The first-order chi connectivity index (χ1) is 9.99. The minimum Gasteiger partial charge on any atom is -0.483 e. The van der Waals surface area contributed by atoms with Gasteiger partial charge in [0.2, 0.25) is 0 Å². The number of carbonyl (C=O) groups excluding carboxylic acids is 1. The molecule has 2 rings (SSSR count). The summed E-state index contributed by atoms with van der Waals surface area (Å²) in [6, 6.07) is 11.0. The number of hydrogen-bond donors (Lipinski definition) is 1. The highest BCUT2D eigenvalue weighted by Gasteiger charge is 2.12. The molecule has 0 atom stereocenters. The third-order valence-corrected chi connectivity index (χ3v) is 3.80. The number of nitrogens with one attached hydrogen (secondary N) is 1. The highest BCUT2D eigenvalue weighted by molar-refractivity contribution is 6.40. The number of ether oxygens (including phenoxy) is 1. The van der Waals surface area contributed by atoms with E-state index in [0.29, 0.717) is 21.5 Å². The highest BCUT2D eigenvalue weighted by Crippen LogP contribution is 2.32. The van der Waals surface area contributed by atoms with Crippen molar-refractivity contribution in [2.45, 2.75) is 13.8 Å². The molecular formula is C16H15Cl2NO2. The largest absolute Gasteiger partial charge is 0.483 e. The van der Waals surface area contributed by atoms with Gasteiger partial charge < -0.3 is 10.1 Å². The smallest absolute Gasteiger partial charge is 0.262 e. The Labute approximate surface area is 133 Å². The predicted octanol–water partition coefficient (Wildman–Crippen LogP) is 4.63. The zero-order chi connectivity index (χ0) is 15.4. The lowest BCUT2D eigenvalue weighted by molar-refractivity contribution is -0.118. The number of benzene rings is 2. The molecule has 0 radical (unpaired) electrons. The Morgan fingerprint density at radius 3 is 2.52 bits per heavy atom. The Kier molecular flexibility index (Phi) is 5.10. The van der Waals surface area contributed by atoms with E-state index >= 15 is 0 Å². The number of carbonyl (C=O) groups is 1. The summed E-state index contributed by atoms with van der Waals surface area (Å²) in [5, 5.41) is 3.52. The lowest BCUT2D eigenvalue weighted by Gasteiger charge is -2.12. The van der Waals surface area contributed by atoms with Crippen LogP contribution in [0.15, 0.2) is 36.4 Å². The number of aryl methyl sites for hydroxylation is 2. The molecule has 2 aromatic carbocycles. The van der Waals surface area contributed by atoms with Gasteiger partial charge >= 0.3 is 0 Å². The first-order valence-corrected chi connectivity index (χ1v) is 7.17. The van der Waals surface area contributed by atoms with Crippen molar-refractivity contribution >= 4 is 34.8 Å². The third-order valence-electron chi connectivity index (χ3n) is 3.00. The van der Waals surface area contributed by atoms with Crippen molar-refractivity contribution in [3.8, 4) is 5.75 Å². The fourth-order valence-corrected chi connectivity index (χ4v) is 2.27. The monoisotopic (exact) mass is 323 g/mol. The number of rotatable bonds is 4. The van der Waals surface area contributed by atoms with Crippen LogP contribution >= 0.6 is 23.2 Å². The van der Waals surface area contributed by atoms with Crippen LogP contribution in [-0.2, 0) is 4.79 Å². The van der Waals surface area contributed by atoms with Crippen molar-refractivity contribution in [3.05, 3.63) is 57.6 Å². The van der Waals surface area contributed by atoms with Crippen molar-refractivity contribution in [2.75, 3.05) is 11.9 Å². The van der Waals surface area contributed by atoms with Crippen LogP contribution in [0.3, 0.4) is 0 Å². The van der Waals surface area contributed by atoms with E-state index in [9.17, 15) is 4.79 Å². The van der Waals surface area contributed by atoms with Crippen LogP contribution in [0.2, 0.25) is 10.0 Å². The standard InChI is InChI=1S/C16H15Cl2NO2/c1-10-5-3-4-6-13(10)21-9-14(20)19-16-12(17)8-7-11(2)15(16)18/h3-8H,9H2,1-2H3,(H,19,20). The maximum absolute atomic E-state index is 12.0. The van der Waals surface area contributed by atoms with E-state index in [4.69, 9.17) is 27.9 Å². The first-order valence-electron chi connectivity index (χ1n) is 6.42. The fraction of sp³-hybridized carbons (Fsp3) is 0.188. The molecule has 0 unspecified atom stereocenters. The molecule has 0 heterocycles. The number of hydrogen-bond acceptors (Lipinski definition) is 2. The summed E-state index contributed by atoms with van der Waals surface area (Å²) in [7, 11) is 0. The van der Waals surface area contributed by atoms with Crippen LogP contribution < -0.4 is 10.1 Å².